The van der Waals surface area contributed by atoms with Gasteiger partial charge in [-0.25, -0.2) is 13.3 Å². The van der Waals surface area contributed by atoms with Gasteiger partial charge in [0.2, 0.25) is 0 Å². The Labute approximate surface area is 224 Å². The zero-order valence-corrected chi connectivity index (χ0v) is 23.1. The largest absolute Gasteiger partial charge is 0.389 e. The predicted molar refractivity (Wildman–Crippen MR) is 143 cm³/mol. The Bertz CT molecular complexity index is 1060. The average Bonchev–Trinajstić information content (AvgIpc) is 3.13. The summed E-state index contributed by atoms with van der Waals surface area (Å²) >= 11 is 0. The summed E-state index contributed by atoms with van der Waals surface area (Å²) in [5, 5.41) is 2.86. The Morgan fingerprint density at radius 1 is 1.13 bits per heavy atom. The minimum absolute atomic E-state index is 0.121. The number of amides is 3. The van der Waals surface area contributed by atoms with Crippen LogP contribution in [0.1, 0.15) is 68.1 Å². The second kappa shape index (κ2) is 12.6. The molecule has 212 valence electrons. The standard InChI is InChI=1S/C26H38F3N5O3S/c1-18-16-20(33(3)24(30)36)17-19(2)21(18)9-15-38(37)34-13-11-25(12-14-34)23(35)31-22(32-25)8-6-4-5-7-10-26(27,28)29/h16-17H,4-15H2,1-3H3,(H2,30,36)(H,31,32,35). The normalized spacial score (nSPS) is 18.4. The van der Waals surface area contributed by atoms with Gasteiger partial charge in [0.05, 0.1) is 11.0 Å². The first-order valence-electron chi connectivity index (χ1n) is 13.0. The Morgan fingerprint density at radius 3 is 2.32 bits per heavy atom. The van der Waals surface area contributed by atoms with Crippen molar-refractivity contribution in [1.29, 1.82) is 0 Å². The number of alkyl halides is 3. The minimum Gasteiger partial charge on any atom is -0.351 e. The molecule has 0 aliphatic carbocycles. The highest BCUT2D eigenvalue weighted by atomic mass is 32.2. The molecule has 2 aliphatic heterocycles. The lowest BCUT2D eigenvalue weighted by molar-refractivity contribution is -0.135. The van der Waals surface area contributed by atoms with Crippen molar-refractivity contribution in [2.24, 2.45) is 10.7 Å². The summed E-state index contributed by atoms with van der Waals surface area (Å²) in [4.78, 5) is 30.2. The molecule has 8 nitrogen and oxygen atoms in total. The minimum atomic E-state index is -4.11. The number of rotatable bonds is 11. The van der Waals surface area contributed by atoms with Gasteiger partial charge in [0.25, 0.3) is 5.91 Å². The Balaban J connectivity index is 1.47. The van der Waals surface area contributed by atoms with Crippen LogP contribution in [0.3, 0.4) is 0 Å². The highest BCUT2D eigenvalue weighted by Gasteiger charge is 2.46. The maximum absolute atomic E-state index is 13.1. The number of nitrogens with two attached hydrogens (primary N) is 1. The molecule has 0 radical (unpaired) electrons. The Morgan fingerprint density at radius 2 is 1.74 bits per heavy atom. The van der Waals surface area contributed by atoms with E-state index in [-0.39, 0.29) is 12.3 Å². The third kappa shape index (κ3) is 7.78. The summed E-state index contributed by atoms with van der Waals surface area (Å²) in [7, 11) is 0.412. The van der Waals surface area contributed by atoms with Crippen LogP contribution in [0, 0.1) is 13.8 Å². The summed E-state index contributed by atoms with van der Waals surface area (Å²) < 4.78 is 51.7. The zero-order chi connectivity index (χ0) is 28.1. The van der Waals surface area contributed by atoms with E-state index in [1.54, 1.807) is 7.05 Å². The Hall–Kier alpha value is -2.47. The highest BCUT2D eigenvalue weighted by Crippen LogP contribution is 2.32. The van der Waals surface area contributed by atoms with Crippen molar-refractivity contribution in [3.8, 4) is 0 Å². The van der Waals surface area contributed by atoms with Crippen LogP contribution in [0.25, 0.3) is 0 Å². The van der Waals surface area contributed by atoms with Crippen LogP contribution in [-0.2, 0) is 22.2 Å². The number of anilines is 1. The van der Waals surface area contributed by atoms with E-state index < -0.39 is 35.2 Å². The van der Waals surface area contributed by atoms with E-state index in [0.29, 0.717) is 69.6 Å². The molecular weight excluding hydrogens is 519 g/mol. The zero-order valence-electron chi connectivity index (χ0n) is 22.3. The molecule has 2 aliphatic rings. The van der Waals surface area contributed by atoms with Crippen molar-refractivity contribution in [1.82, 2.24) is 9.62 Å². The van der Waals surface area contributed by atoms with E-state index in [9.17, 15) is 27.0 Å². The molecule has 1 fully saturated rings. The van der Waals surface area contributed by atoms with Gasteiger partial charge in [0.15, 0.2) is 0 Å². The number of urea groups is 1. The number of unbranched alkanes of at least 4 members (excludes halogenated alkanes) is 3. The number of aliphatic imine (C=N–C) groups is 1. The van der Waals surface area contributed by atoms with E-state index >= 15 is 0 Å². The molecule has 1 aromatic carbocycles. The number of benzene rings is 1. The number of nitrogens with zero attached hydrogens (tertiary/aromatic N) is 3. The molecule has 2 heterocycles. The molecule has 1 unspecified atom stereocenters. The molecule has 0 saturated carbocycles. The van der Waals surface area contributed by atoms with Gasteiger partial charge in [-0.05, 0) is 74.8 Å². The molecule has 38 heavy (non-hydrogen) atoms. The smallest absolute Gasteiger partial charge is 0.351 e. The number of carbonyl (C=O) groups excluding carboxylic acids is 2. The lowest BCUT2D eigenvalue weighted by Crippen LogP contribution is -2.49. The molecule has 12 heteroatoms. The first kappa shape index (κ1) is 30.1. The van der Waals surface area contributed by atoms with E-state index in [1.165, 1.54) is 4.90 Å². The number of hydrogen-bond donors (Lipinski definition) is 2. The molecule has 3 N–H and O–H groups in total. The van der Waals surface area contributed by atoms with Crippen LogP contribution < -0.4 is 16.0 Å². The number of carbonyl (C=O) groups is 2. The van der Waals surface area contributed by atoms with Crippen molar-refractivity contribution in [2.75, 3.05) is 30.8 Å². The number of hydrogen-bond acceptors (Lipinski definition) is 4. The van der Waals surface area contributed by atoms with Gasteiger partial charge in [-0.2, -0.15) is 13.2 Å². The number of nitrogens with one attached hydrogen (secondary N) is 1. The fraction of sp³-hybridized carbons (Fsp3) is 0.654. The quantitative estimate of drug-likeness (QED) is 0.396. The molecule has 1 saturated heterocycles. The maximum Gasteiger partial charge on any atom is 0.389 e. The highest BCUT2D eigenvalue weighted by molar-refractivity contribution is 7.82. The van der Waals surface area contributed by atoms with Crippen molar-refractivity contribution in [3.05, 3.63) is 28.8 Å². The molecular formula is C26H38F3N5O3S. The maximum atomic E-state index is 13.1. The van der Waals surface area contributed by atoms with Gasteiger partial charge < -0.3 is 11.1 Å². The van der Waals surface area contributed by atoms with Gasteiger partial charge in [0, 0.05) is 44.4 Å². The topological polar surface area (TPSA) is 108 Å². The molecule has 1 atom stereocenters. The first-order valence-corrected chi connectivity index (χ1v) is 14.3. The average molecular weight is 558 g/mol. The number of primary amides is 1. The first-order chi connectivity index (χ1) is 17.8. The molecule has 0 aromatic heterocycles. The summed E-state index contributed by atoms with van der Waals surface area (Å²) in [6.45, 7) is 4.92. The van der Waals surface area contributed by atoms with Gasteiger partial charge in [-0.15, -0.1) is 0 Å². The second-order valence-corrected chi connectivity index (χ2v) is 11.8. The van der Waals surface area contributed by atoms with E-state index in [1.807, 2.05) is 30.3 Å². The molecule has 0 bridgehead atoms. The monoisotopic (exact) mass is 557 g/mol. The van der Waals surface area contributed by atoms with Crippen LogP contribution >= 0.6 is 0 Å². The summed E-state index contributed by atoms with van der Waals surface area (Å²) in [5.74, 6) is 0.924. The van der Waals surface area contributed by atoms with Crippen LogP contribution in [0.15, 0.2) is 17.1 Å². The number of piperidine rings is 1. The number of halogens is 3. The van der Waals surface area contributed by atoms with E-state index in [2.05, 4.69) is 10.3 Å². The SMILES string of the molecule is Cc1cc(N(C)C(N)=O)cc(C)c1CCS(=O)N1CCC2(CC1)N=C(CCCCCCC(F)(F)F)NC2=O. The summed E-state index contributed by atoms with van der Waals surface area (Å²) in [5.41, 5.74) is 8.37. The fourth-order valence-electron chi connectivity index (χ4n) is 5.08. The Kier molecular flexibility index (Phi) is 9.96. The third-order valence-corrected chi connectivity index (χ3v) is 8.91. The molecule has 1 spiro atoms. The van der Waals surface area contributed by atoms with Gasteiger partial charge in [-0.3, -0.25) is 14.7 Å². The number of amidine groups is 1. The molecule has 3 amide bonds. The van der Waals surface area contributed by atoms with Crippen LogP contribution in [-0.4, -0.2) is 63.9 Å². The van der Waals surface area contributed by atoms with Gasteiger partial charge in [-0.1, -0.05) is 12.8 Å². The van der Waals surface area contributed by atoms with Crippen LogP contribution in [0.2, 0.25) is 0 Å². The van der Waals surface area contributed by atoms with Crippen LogP contribution in [0.5, 0.6) is 0 Å². The number of aryl methyl sites for hydroxylation is 2. The van der Waals surface area contributed by atoms with Crippen molar-refractivity contribution in [3.63, 3.8) is 0 Å². The molecule has 3 rings (SSSR count). The second-order valence-electron chi connectivity index (χ2n) is 10.2. The van der Waals surface area contributed by atoms with E-state index in [4.69, 9.17) is 5.73 Å². The third-order valence-electron chi connectivity index (χ3n) is 7.42. The molecule has 1 aromatic rings. The van der Waals surface area contributed by atoms with E-state index in [0.717, 1.165) is 22.4 Å². The predicted octanol–water partition coefficient (Wildman–Crippen LogP) is 4.29. The van der Waals surface area contributed by atoms with Crippen molar-refractivity contribution in [2.45, 2.75) is 83.4 Å². The van der Waals surface area contributed by atoms with Gasteiger partial charge in [0.1, 0.15) is 11.4 Å². The van der Waals surface area contributed by atoms with Crippen molar-refractivity contribution < 1.29 is 27.0 Å². The summed E-state index contributed by atoms with van der Waals surface area (Å²) in [6.07, 6.45) is -0.779. The van der Waals surface area contributed by atoms with Crippen LogP contribution in [0.4, 0.5) is 23.7 Å². The lowest BCUT2D eigenvalue weighted by Gasteiger charge is -2.34. The fourth-order valence-corrected chi connectivity index (χ4v) is 6.30. The summed E-state index contributed by atoms with van der Waals surface area (Å²) in [6, 6.07) is 3.27. The van der Waals surface area contributed by atoms with Gasteiger partial charge >= 0.3 is 12.2 Å². The lowest BCUT2D eigenvalue weighted by atomic mass is 9.89. The van der Waals surface area contributed by atoms with Crippen molar-refractivity contribution >= 4 is 34.4 Å².